The van der Waals surface area contributed by atoms with Crippen LogP contribution in [0.4, 0.5) is 0 Å². The highest BCUT2D eigenvalue weighted by molar-refractivity contribution is 5.50. The van der Waals surface area contributed by atoms with E-state index in [0.717, 1.165) is 25.3 Å². The molecule has 1 radical (unpaired) electrons. The Morgan fingerprint density at radius 3 is 1.79 bits per heavy atom. The van der Waals surface area contributed by atoms with Crippen LogP contribution in [0, 0.1) is 30.3 Å². The molecular formula is C18H26N3O7. The molecule has 0 N–H and O–H groups in total. The summed E-state index contributed by atoms with van der Waals surface area (Å²) in [6.45, 7) is 2.01. The van der Waals surface area contributed by atoms with Crippen LogP contribution in [-0.2, 0) is 4.79 Å². The van der Waals surface area contributed by atoms with Gasteiger partial charge in [-0.25, -0.2) is 0 Å². The molecule has 0 aliphatic rings. The van der Waals surface area contributed by atoms with Crippen molar-refractivity contribution in [3.8, 4) is 0 Å². The number of hydrogen-bond donors (Lipinski definition) is 0. The van der Waals surface area contributed by atoms with Crippen LogP contribution in [0.15, 0.2) is 35.3 Å². The molecule has 0 bridgehead atoms. The molecule has 0 aromatic rings. The molecule has 0 aliphatic carbocycles. The van der Waals surface area contributed by atoms with Crippen LogP contribution in [0.1, 0.15) is 71.1 Å². The zero-order chi connectivity index (χ0) is 21.4. The molecule has 28 heavy (non-hydrogen) atoms. The molecule has 0 saturated heterocycles. The summed E-state index contributed by atoms with van der Waals surface area (Å²) in [4.78, 5) is 41.5. The number of allylic oxidation sites excluding steroid dienone is 3. The largest absolute Gasteiger partial charge is 0.291 e. The van der Waals surface area contributed by atoms with Gasteiger partial charge < -0.3 is 0 Å². The van der Waals surface area contributed by atoms with Gasteiger partial charge in [0.25, 0.3) is 11.4 Å². The van der Waals surface area contributed by atoms with Crippen LogP contribution in [-0.4, -0.2) is 21.1 Å². The second-order valence-corrected chi connectivity index (χ2v) is 6.12. The van der Waals surface area contributed by atoms with Crippen molar-refractivity contribution in [2.45, 2.75) is 71.1 Å². The number of unbranched alkanes of at least 4 members (excludes halogenated alkanes) is 6. The van der Waals surface area contributed by atoms with E-state index in [1.165, 1.54) is 12.2 Å². The first-order valence-electron chi connectivity index (χ1n) is 9.18. The monoisotopic (exact) mass is 396 g/mol. The molecule has 155 valence electrons. The second-order valence-electron chi connectivity index (χ2n) is 6.12. The van der Waals surface area contributed by atoms with Crippen molar-refractivity contribution in [1.82, 2.24) is 0 Å². The van der Waals surface area contributed by atoms with Gasteiger partial charge in [-0.15, -0.1) is 0 Å². The van der Waals surface area contributed by atoms with Crippen molar-refractivity contribution in [3.63, 3.8) is 0 Å². The van der Waals surface area contributed by atoms with Gasteiger partial charge in [-0.05, 0) is 44.3 Å². The molecule has 0 amide bonds. The van der Waals surface area contributed by atoms with E-state index in [2.05, 4.69) is 0 Å². The van der Waals surface area contributed by atoms with Crippen LogP contribution in [0.25, 0.3) is 0 Å². The van der Waals surface area contributed by atoms with Gasteiger partial charge in [0.15, 0.2) is 6.29 Å². The van der Waals surface area contributed by atoms with Crippen LogP contribution < -0.4 is 0 Å². The molecule has 0 heterocycles. The molecule has 10 heteroatoms. The van der Waals surface area contributed by atoms with Gasteiger partial charge >= 0.3 is 0 Å². The van der Waals surface area contributed by atoms with Crippen molar-refractivity contribution >= 4 is 6.29 Å². The van der Waals surface area contributed by atoms with E-state index in [-0.39, 0.29) is 24.2 Å². The molecule has 0 saturated carbocycles. The Labute approximate surface area is 163 Å². The molecule has 0 rings (SSSR count). The number of nitro groups is 3. The fraction of sp³-hybridized carbons (Fsp3) is 0.611. The second kappa shape index (κ2) is 15.2. The summed E-state index contributed by atoms with van der Waals surface area (Å²) < 4.78 is 0. The van der Waals surface area contributed by atoms with Crippen molar-refractivity contribution in [3.05, 3.63) is 65.7 Å². The van der Waals surface area contributed by atoms with Crippen molar-refractivity contribution in [1.29, 1.82) is 0 Å². The smallest absolute Gasteiger partial charge is 0.253 e. The summed E-state index contributed by atoms with van der Waals surface area (Å²) in [6, 6.07) is 0. The van der Waals surface area contributed by atoms with E-state index in [9.17, 15) is 35.1 Å². The normalized spacial score (nSPS) is 12.7. The molecule has 0 atom stereocenters. The standard InChI is InChI=1S/C18H26N3O7/c1-2-3-4-7-10-16(19(23)24)12-13-18(21(27)28)15-17(20(25)26)11-8-5-6-9-14-22/h10-11,13H,2-9,12,15H2,1H3/b16-10+,17-11+,18-13+. The van der Waals surface area contributed by atoms with Gasteiger partial charge in [0.2, 0.25) is 5.70 Å². The highest BCUT2D eigenvalue weighted by atomic mass is 16.6. The molecule has 0 aromatic heterocycles. The summed E-state index contributed by atoms with van der Waals surface area (Å²) >= 11 is 0. The lowest BCUT2D eigenvalue weighted by atomic mass is 10.1. The van der Waals surface area contributed by atoms with E-state index in [4.69, 9.17) is 0 Å². The van der Waals surface area contributed by atoms with Gasteiger partial charge in [-0.3, -0.25) is 35.1 Å². The molecule has 0 aromatic carbocycles. The Bertz CT molecular complexity index is 639. The number of hydrogen-bond acceptors (Lipinski definition) is 7. The van der Waals surface area contributed by atoms with Gasteiger partial charge in [-0.2, -0.15) is 0 Å². The Morgan fingerprint density at radius 2 is 1.29 bits per heavy atom. The third kappa shape index (κ3) is 11.7. The predicted octanol–water partition coefficient (Wildman–Crippen LogP) is 4.50. The SMILES string of the molecule is CCCCC/C=C(\C/C=C(\C/C(=C\CCCC[C]=O)[N+](=O)[O-])[N+](=O)[O-])[N+](=O)[O-]. The lowest BCUT2D eigenvalue weighted by Gasteiger charge is -2.00. The zero-order valence-corrected chi connectivity index (χ0v) is 16.0. The molecular weight excluding hydrogens is 370 g/mol. The van der Waals surface area contributed by atoms with Crippen LogP contribution >= 0.6 is 0 Å². The van der Waals surface area contributed by atoms with Gasteiger partial charge in [0, 0.05) is 12.5 Å². The van der Waals surface area contributed by atoms with E-state index in [0.29, 0.717) is 25.7 Å². The average Bonchev–Trinajstić information content (AvgIpc) is 2.63. The first-order chi connectivity index (χ1) is 13.3. The molecule has 0 unspecified atom stereocenters. The predicted molar refractivity (Wildman–Crippen MR) is 103 cm³/mol. The summed E-state index contributed by atoms with van der Waals surface area (Å²) in [7, 11) is 0. The van der Waals surface area contributed by atoms with Crippen molar-refractivity contribution < 1.29 is 19.6 Å². The minimum atomic E-state index is -0.757. The maximum absolute atomic E-state index is 11.2. The van der Waals surface area contributed by atoms with Crippen LogP contribution in [0.2, 0.25) is 0 Å². The lowest BCUT2D eigenvalue weighted by Crippen LogP contribution is -2.07. The van der Waals surface area contributed by atoms with E-state index >= 15 is 0 Å². The van der Waals surface area contributed by atoms with Gasteiger partial charge in [0.05, 0.1) is 21.2 Å². The van der Waals surface area contributed by atoms with Crippen LogP contribution in [0.5, 0.6) is 0 Å². The summed E-state index contributed by atoms with van der Waals surface area (Å²) in [5.74, 6) is 0. The topological polar surface area (TPSA) is 146 Å². The Kier molecular flexibility index (Phi) is 13.6. The van der Waals surface area contributed by atoms with Gasteiger partial charge in [0.1, 0.15) is 6.42 Å². The van der Waals surface area contributed by atoms with E-state index in [1.54, 1.807) is 6.29 Å². The molecule has 0 fully saturated rings. The van der Waals surface area contributed by atoms with Crippen molar-refractivity contribution in [2.75, 3.05) is 0 Å². The number of rotatable bonds is 16. The average molecular weight is 396 g/mol. The molecule has 0 aliphatic heterocycles. The Hall–Kier alpha value is -2.91. The van der Waals surface area contributed by atoms with E-state index in [1.807, 2.05) is 6.92 Å². The highest BCUT2D eigenvalue weighted by Crippen LogP contribution is 2.17. The Morgan fingerprint density at radius 1 is 0.786 bits per heavy atom. The third-order valence-corrected chi connectivity index (χ3v) is 3.91. The molecule has 0 spiro atoms. The quantitative estimate of drug-likeness (QED) is 0.212. The third-order valence-electron chi connectivity index (χ3n) is 3.91. The fourth-order valence-electron chi connectivity index (χ4n) is 2.34. The molecule has 10 nitrogen and oxygen atoms in total. The van der Waals surface area contributed by atoms with E-state index < -0.39 is 26.9 Å². The summed E-state index contributed by atoms with van der Waals surface area (Å²) in [5.41, 5.74) is -0.953. The fourth-order valence-corrected chi connectivity index (χ4v) is 2.34. The Balaban J connectivity index is 5.14. The summed E-state index contributed by atoms with van der Waals surface area (Å²) in [5, 5.41) is 33.4. The number of nitrogens with zero attached hydrogens (tertiary/aromatic N) is 3. The number of carbonyl (C=O) groups excluding carboxylic acids is 1. The maximum Gasteiger partial charge on any atom is 0.253 e. The first-order valence-corrected chi connectivity index (χ1v) is 9.18. The first kappa shape index (κ1) is 25.1. The van der Waals surface area contributed by atoms with Crippen LogP contribution in [0.3, 0.4) is 0 Å². The lowest BCUT2D eigenvalue weighted by molar-refractivity contribution is -0.450. The zero-order valence-electron chi connectivity index (χ0n) is 16.0. The van der Waals surface area contributed by atoms with Gasteiger partial charge in [-0.1, -0.05) is 19.8 Å². The highest BCUT2D eigenvalue weighted by Gasteiger charge is 2.22. The summed E-state index contributed by atoms with van der Waals surface area (Å²) in [6.07, 6.45) is 9.50. The van der Waals surface area contributed by atoms with Crippen molar-refractivity contribution in [2.24, 2.45) is 0 Å². The minimum Gasteiger partial charge on any atom is -0.291 e. The minimum absolute atomic E-state index is 0.160. The maximum atomic E-state index is 11.2.